The Morgan fingerprint density at radius 2 is 0.826 bits per heavy atom. The second-order valence-electron chi connectivity index (χ2n) is 14.8. The third-order valence-electron chi connectivity index (χ3n) is 9.73. The van der Waals surface area contributed by atoms with E-state index in [4.69, 9.17) is 9.47 Å². The second kappa shape index (κ2) is 23.8. The summed E-state index contributed by atoms with van der Waals surface area (Å²) in [5.74, 6) is -5.16. The summed E-state index contributed by atoms with van der Waals surface area (Å²) < 4.78 is 65.2. The maximum absolute atomic E-state index is 13.7. The van der Waals surface area contributed by atoms with Crippen LogP contribution in [0.15, 0.2) is 186 Å². The SMILES string of the molecule is Cc1ccc(Br)cc1NC(=O)c1ccccc1.Cc1ccc(Oc2ccc(F)cc2F)cc1NC(=O)c1ccccc1.O=C(Nc1cc(Oc2ccc(F)cc2F)ccc1C(=O)O)c1ccccc1. The number of ether oxygens (including phenoxy) is 2. The molecule has 348 valence electrons. The van der Waals surface area contributed by atoms with Crippen molar-refractivity contribution in [3.8, 4) is 23.0 Å². The molecule has 0 aromatic heterocycles. The first-order valence-corrected chi connectivity index (χ1v) is 21.5. The molecule has 10 nitrogen and oxygen atoms in total. The van der Waals surface area contributed by atoms with E-state index in [0.717, 1.165) is 45.6 Å². The van der Waals surface area contributed by atoms with Crippen LogP contribution in [0, 0.1) is 37.1 Å². The molecule has 0 aliphatic rings. The Balaban J connectivity index is 0.000000174. The van der Waals surface area contributed by atoms with Crippen LogP contribution in [0.4, 0.5) is 34.6 Å². The molecule has 0 radical (unpaired) electrons. The lowest BCUT2D eigenvalue weighted by atomic mass is 10.1. The van der Waals surface area contributed by atoms with Gasteiger partial charge in [-0.2, -0.15) is 0 Å². The number of anilines is 3. The van der Waals surface area contributed by atoms with E-state index < -0.39 is 35.1 Å². The van der Waals surface area contributed by atoms with Crippen LogP contribution < -0.4 is 25.4 Å². The maximum atomic E-state index is 13.7. The second-order valence-corrected chi connectivity index (χ2v) is 15.7. The Morgan fingerprint density at radius 3 is 1.25 bits per heavy atom. The van der Waals surface area contributed by atoms with Gasteiger partial charge in [0.1, 0.15) is 23.1 Å². The van der Waals surface area contributed by atoms with Crippen molar-refractivity contribution in [1.82, 2.24) is 0 Å². The Labute approximate surface area is 402 Å². The predicted molar refractivity (Wildman–Crippen MR) is 260 cm³/mol. The molecule has 8 aromatic carbocycles. The molecule has 0 spiro atoms. The van der Waals surface area contributed by atoms with Gasteiger partial charge >= 0.3 is 5.97 Å². The minimum atomic E-state index is -1.25. The Kier molecular flexibility index (Phi) is 17.2. The van der Waals surface area contributed by atoms with Crippen LogP contribution in [-0.2, 0) is 0 Å². The third kappa shape index (κ3) is 14.5. The van der Waals surface area contributed by atoms with Gasteiger partial charge in [0.15, 0.2) is 23.1 Å². The van der Waals surface area contributed by atoms with Gasteiger partial charge in [0, 0.05) is 56.8 Å². The lowest BCUT2D eigenvalue weighted by Gasteiger charge is -2.12. The van der Waals surface area contributed by atoms with Crippen LogP contribution in [0.2, 0.25) is 0 Å². The van der Waals surface area contributed by atoms with E-state index in [1.807, 2.05) is 56.3 Å². The first-order chi connectivity index (χ1) is 33.1. The van der Waals surface area contributed by atoms with Gasteiger partial charge in [-0.15, -0.1) is 0 Å². The molecule has 8 rings (SSSR count). The van der Waals surface area contributed by atoms with Crippen molar-refractivity contribution in [3.05, 3.63) is 243 Å². The van der Waals surface area contributed by atoms with Gasteiger partial charge in [-0.25, -0.2) is 22.4 Å². The Bertz CT molecular complexity index is 3110. The van der Waals surface area contributed by atoms with Gasteiger partial charge in [0.2, 0.25) is 0 Å². The van der Waals surface area contributed by atoms with E-state index >= 15 is 0 Å². The van der Waals surface area contributed by atoms with Crippen LogP contribution in [0.3, 0.4) is 0 Å². The lowest BCUT2D eigenvalue weighted by Crippen LogP contribution is -2.14. The topological polar surface area (TPSA) is 143 Å². The van der Waals surface area contributed by atoms with E-state index in [0.29, 0.717) is 34.2 Å². The van der Waals surface area contributed by atoms with Crippen LogP contribution in [0.25, 0.3) is 0 Å². The van der Waals surface area contributed by atoms with E-state index in [-0.39, 0.29) is 40.3 Å². The molecular formula is C54H40BrF4N3O7. The van der Waals surface area contributed by atoms with E-state index in [2.05, 4.69) is 31.9 Å². The molecule has 3 amide bonds. The number of hydrogen-bond acceptors (Lipinski definition) is 6. The van der Waals surface area contributed by atoms with E-state index in [1.54, 1.807) is 84.9 Å². The Morgan fingerprint density at radius 1 is 0.449 bits per heavy atom. The highest BCUT2D eigenvalue weighted by molar-refractivity contribution is 9.10. The van der Waals surface area contributed by atoms with Gasteiger partial charge in [0.25, 0.3) is 17.7 Å². The van der Waals surface area contributed by atoms with Gasteiger partial charge in [-0.1, -0.05) is 82.7 Å². The molecule has 4 N–H and O–H groups in total. The summed E-state index contributed by atoms with van der Waals surface area (Å²) in [5.41, 5.74) is 4.59. The first-order valence-electron chi connectivity index (χ1n) is 20.7. The summed E-state index contributed by atoms with van der Waals surface area (Å²) in [5, 5.41) is 17.5. The van der Waals surface area contributed by atoms with Crippen molar-refractivity contribution in [1.29, 1.82) is 0 Å². The van der Waals surface area contributed by atoms with Crippen molar-refractivity contribution in [3.63, 3.8) is 0 Å². The smallest absolute Gasteiger partial charge is 0.337 e. The molecule has 0 saturated heterocycles. The summed E-state index contributed by atoms with van der Waals surface area (Å²) in [6.07, 6.45) is 0. The minimum absolute atomic E-state index is 0.0172. The normalized spacial score (nSPS) is 10.2. The van der Waals surface area contributed by atoms with Crippen LogP contribution >= 0.6 is 15.9 Å². The molecule has 0 aliphatic carbocycles. The molecule has 0 unspecified atom stereocenters. The number of aryl methyl sites for hydroxylation is 2. The molecule has 0 saturated carbocycles. The summed E-state index contributed by atoms with van der Waals surface area (Å²) in [7, 11) is 0. The highest BCUT2D eigenvalue weighted by Crippen LogP contribution is 2.31. The molecule has 69 heavy (non-hydrogen) atoms. The van der Waals surface area contributed by atoms with Crippen LogP contribution in [0.1, 0.15) is 52.6 Å². The number of hydrogen-bond donors (Lipinski definition) is 4. The lowest BCUT2D eigenvalue weighted by molar-refractivity contribution is 0.0697. The molecule has 0 bridgehead atoms. The van der Waals surface area contributed by atoms with E-state index in [1.165, 1.54) is 24.3 Å². The number of carboxylic acid groups (broad SMARTS) is 1. The fraction of sp³-hybridized carbons (Fsp3) is 0.0370. The van der Waals surface area contributed by atoms with Crippen molar-refractivity contribution >= 4 is 56.7 Å². The highest BCUT2D eigenvalue weighted by atomic mass is 79.9. The van der Waals surface area contributed by atoms with E-state index in [9.17, 15) is 41.8 Å². The van der Waals surface area contributed by atoms with Gasteiger partial charge in [-0.3, -0.25) is 14.4 Å². The molecule has 0 atom stereocenters. The Hall–Kier alpha value is -8.56. The maximum Gasteiger partial charge on any atom is 0.337 e. The zero-order chi connectivity index (χ0) is 49.5. The molecule has 0 aliphatic heterocycles. The number of rotatable bonds is 11. The third-order valence-corrected chi connectivity index (χ3v) is 10.2. The summed E-state index contributed by atoms with van der Waals surface area (Å²) in [6, 6.07) is 46.7. The summed E-state index contributed by atoms with van der Waals surface area (Å²) in [6.45, 7) is 3.80. The minimum Gasteiger partial charge on any atom is -0.478 e. The fourth-order valence-electron chi connectivity index (χ4n) is 6.13. The fourth-order valence-corrected chi connectivity index (χ4v) is 6.49. The van der Waals surface area contributed by atoms with Crippen LogP contribution in [-0.4, -0.2) is 28.8 Å². The quantitative estimate of drug-likeness (QED) is 0.0945. The number of aromatic carboxylic acids is 1. The zero-order valence-corrected chi connectivity index (χ0v) is 38.2. The number of carboxylic acids is 1. The molecule has 0 heterocycles. The van der Waals surface area contributed by atoms with Crippen molar-refractivity contribution < 1.29 is 51.3 Å². The molecule has 0 fully saturated rings. The zero-order valence-electron chi connectivity index (χ0n) is 36.6. The first kappa shape index (κ1) is 49.9. The number of amides is 3. The van der Waals surface area contributed by atoms with Gasteiger partial charge in [0.05, 0.1) is 11.3 Å². The average Bonchev–Trinajstić information content (AvgIpc) is 3.34. The molecular weight excluding hydrogens is 959 g/mol. The summed E-state index contributed by atoms with van der Waals surface area (Å²) >= 11 is 3.39. The highest BCUT2D eigenvalue weighted by Gasteiger charge is 2.17. The number of halogens is 5. The summed E-state index contributed by atoms with van der Waals surface area (Å²) in [4.78, 5) is 47.9. The number of carbonyl (C=O) groups excluding carboxylic acids is 3. The van der Waals surface area contributed by atoms with Crippen LogP contribution in [0.5, 0.6) is 23.0 Å². The number of nitrogens with one attached hydrogen (secondary N) is 3. The molecule has 15 heteroatoms. The standard InChI is InChI=1S/C20H13F2NO4.C20H15F2NO2.C14H12BrNO/c21-13-6-9-18(16(22)10-13)27-14-7-8-15(20(25)26)17(11-14)23-19(24)12-4-2-1-3-5-12;1-13-7-9-16(25-19-10-8-15(21)11-17(19)22)12-18(13)23-20(24)14-5-3-2-4-6-14;1-10-7-8-12(15)9-13(10)16-14(17)11-5-3-2-4-6-11/h1-11H,(H,23,24)(H,25,26);2-12H,1H3,(H,23,24);2-9H,1H3,(H,16,17). The van der Waals surface area contributed by atoms with Crippen molar-refractivity contribution in [2.45, 2.75) is 13.8 Å². The van der Waals surface area contributed by atoms with Crippen molar-refractivity contribution in [2.24, 2.45) is 0 Å². The van der Waals surface area contributed by atoms with Gasteiger partial charge in [-0.05, 0) is 116 Å². The number of carbonyl (C=O) groups is 4. The van der Waals surface area contributed by atoms with Crippen molar-refractivity contribution in [2.75, 3.05) is 16.0 Å². The number of benzene rings is 8. The monoisotopic (exact) mass is 997 g/mol. The predicted octanol–water partition coefficient (Wildman–Crippen LogP) is 14.0. The average molecular weight is 999 g/mol. The molecule has 8 aromatic rings. The van der Waals surface area contributed by atoms with Gasteiger partial charge < -0.3 is 30.5 Å². The largest absolute Gasteiger partial charge is 0.478 e.